The largest absolute Gasteiger partial charge is 0.409 e. The van der Waals surface area contributed by atoms with Crippen molar-refractivity contribution in [3.05, 3.63) is 58.9 Å². The molecule has 0 amide bonds. The molecule has 0 spiro atoms. The minimum atomic E-state index is -0.309. The van der Waals surface area contributed by atoms with E-state index in [1.807, 2.05) is 6.92 Å². The maximum atomic E-state index is 13.9. The Kier molecular flexibility index (Phi) is 4.65. The van der Waals surface area contributed by atoms with E-state index in [-0.39, 0.29) is 11.7 Å². The molecule has 0 aliphatic rings. The number of nitrogens with two attached hydrogens (primary N) is 1. The fourth-order valence-corrected chi connectivity index (χ4v) is 2.37. The summed E-state index contributed by atoms with van der Waals surface area (Å²) in [5.41, 5.74) is 7.14. The molecule has 110 valence electrons. The van der Waals surface area contributed by atoms with Gasteiger partial charge in [-0.1, -0.05) is 28.9 Å². The molecule has 4 nitrogen and oxygen atoms in total. The Bertz CT molecular complexity index is 676. The van der Waals surface area contributed by atoms with Crippen LogP contribution in [0.1, 0.15) is 12.5 Å². The molecule has 2 aromatic carbocycles. The lowest BCUT2D eigenvalue weighted by Crippen LogP contribution is -2.18. The van der Waals surface area contributed by atoms with E-state index in [2.05, 4.69) is 5.16 Å². The number of hydrogen-bond acceptors (Lipinski definition) is 3. The number of benzene rings is 2. The van der Waals surface area contributed by atoms with Crippen molar-refractivity contribution in [3.8, 4) is 0 Å². The first-order chi connectivity index (χ1) is 10.1. The Morgan fingerprint density at radius 3 is 2.62 bits per heavy atom. The van der Waals surface area contributed by atoms with Crippen molar-refractivity contribution in [2.24, 2.45) is 10.9 Å². The van der Waals surface area contributed by atoms with Gasteiger partial charge < -0.3 is 15.8 Å². The molecule has 0 aromatic heterocycles. The van der Waals surface area contributed by atoms with Crippen LogP contribution in [0.4, 0.5) is 15.8 Å². The van der Waals surface area contributed by atoms with Crippen LogP contribution in [0.3, 0.4) is 0 Å². The number of nitrogens with zero attached hydrogens (tertiary/aromatic N) is 2. The average Bonchev–Trinajstić information content (AvgIpc) is 2.49. The number of oxime groups is 1. The first kappa shape index (κ1) is 15.1. The molecule has 0 fully saturated rings. The number of amidine groups is 1. The van der Waals surface area contributed by atoms with Crippen LogP contribution in [0, 0.1) is 5.82 Å². The van der Waals surface area contributed by atoms with Gasteiger partial charge in [-0.3, -0.25) is 0 Å². The van der Waals surface area contributed by atoms with Gasteiger partial charge in [0, 0.05) is 17.8 Å². The highest BCUT2D eigenvalue weighted by Gasteiger charge is 2.14. The SMILES string of the molecule is CCN(c1ccc(C(N)=NO)c(Cl)c1)c1ccccc1F. The van der Waals surface area contributed by atoms with E-state index < -0.39 is 0 Å². The second-order valence-corrected chi connectivity index (χ2v) is 4.75. The summed E-state index contributed by atoms with van der Waals surface area (Å²) < 4.78 is 13.9. The van der Waals surface area contributed by atoms with Gasteiger partial charge in [-0.05, 0) is 37.3 Å². The van der Waals surface area contributed by atoms with Crippen LogP contribution in [-0.4, -0.2) is 17.6 Å². The molecule has 0 aliphatic carbocycles. The van der Waals surface area contributed by atoms with Crippen molar-refractivity contribution < 1.29 is 9.60 Å². The second kappa shape index (κ2) is 6.45. The van der Waals surface area contributed by atoms with Gasteiger partial charge in [-0.15, -0.1) is 0 Å². The third kappa shape index (κ3) is 3.08. The predicted octanol–water partition coefficient (Wildman–Crippen LogP) is 3.73. The molecule has 2 rings (SSSR count). The molecule has 0 saturated carbocycles. The topological polar surface area (TPSA) is 61.8 Å². The first-order valence-electron chi connectivity index (χ1n) is 6.38. The minimum Gasteiger partial charge on any atom is -0.409 e. The van der Waals surface area contributed by atoms with Crippen molar-refractivity contribution in [2.75, 3.05) is 11.4 Å². The van der Waals surface area contributed by atoms with Gasteiger partial charge in [0.25, 0.3) is 0 Å². The third-order valence-electron chi connectivity index (χ3n) is 3.11. The minimum absolute atomic E-state index is 0.0690. The van der Waals surface area contributed by atoms with Crippen LogP contribution in [0.5, 0.6) is 0 Å². The zero-order valence-corrected chi connectivity index (χ0v) is 12.2. The highest BCUT2D eigenvalue weighted by molar-refractivity contribution is 6.34. The maximum absolute atomic E-state index is 13.9. The van der Waals surface area contributed by atoms with Gasteiger partial charge in [0.1, 0.15) is 5.82 Å². The maximum Gasteiger partial charge on any atom is 0.171 e. The van der Waals surface area contributed by atoms with Gasteiger partial charge in [-0.25, -0.2) is 4.39 Å². The fraction of sp³-hybridized carbons (Fsp3) is 0.133. The summed E-state index contributed by atoms with van der Waals surface area (Å²) in [6.45, 7) is 2.48. The van der Waals surface area contributed by atoms with E-state index in [0.717, 1.165) is 5.69 Å². The van der Waals surface area contributed by atoms with E-state index >= 15 is 0 Å². The Morgan fingerprint density at radius 2 is 2.05 bits per heavy atom. The molecule has 0 bridgehead atoms. The summed E-state index contributed by atoms with van der Waals surface area (Å²) in [7, 11) is 0. The highest BCUT2D eigenvalue weighted by Crippen LogP contribution is 2.30. The van der Waals surface area contributed by atoms with Gasteiger partial charge in [0.05, 0.1) is 10.7 Å². The number of hydrogen-bond donors (Lipinski definition) is 2. The Morgan fingerprint density at radius 1 is 1.33 bits per heavy atom. The number of para-hydroxylation sites is 1. The van der Waals surface area contributed by atoms with E-state index in [4.69, 9.17) is 22.5 Å². The zero-order valence-electron chi connectivity index (χ0n) is 11.4. The molecule has 0 unspecified atom stereocenters. The van der Waals surface area contributed by atoms with Crippen molar-refractivity contribution in [2.45, 2.75) is 6.92 Å². The highest BCUT2D eigenvalue weighted by atomic mass is 35.5. The van der Waals surface area contributed by atoms with Crippen molar-refractivity contribution in [3.63, 3.8) is 0 Å². The zero-order chi connectivity index (χ0) is 15.4. The van der Waals surface area contributed by atoms with Crippen LogP contribution in [0.2, 0.25) is 5.02 Å². The Balaban J connectivity index is 2.45. The normalized spacial score (nSPS) is 11.5. The summed E-state index contributed by atoms with van der Waals surface area (Å²) in [5.74, 6) is -0.378. The molecular weight excluding hydrogens is 293 g/mol. The molecule has 0 atom stereocenters. The van der Waals surface area contributed by atoms with Crippen molar-refractivity contribution >= 4 is 28.8 Å². The molecule has 21 heavy (non-hydrogen) atoms. The van der Waals surface area contributed by atoms with Gasteiger partial charge in [0.15, 0.2) is 5.84 Å². The first-order valence-corrected chi connectivity index (χ1v) is 6.75. The Hall–Kier alpha value is -2.27. The van der Waals surface area contributed by atoms with Crippen LogP contribution >= 0.6 is 11.6 Å². The van der Waals surface area contributed by atoms with E-state index in [1.54, 1.807) is 41.3 Å². The third-order valence-corrected chi connectivity index (χ3v) is 3.42. The summed E-state index contributed by atoms with van der Waals surface area (Å²) in [4.78, 5) is 1.79. The van der Waals surface area contributed by atoms with E-state index in [1.165, 1.54) is 6.07 Å². The molecule has 0 saturated heterocycles. The van der Waals surface area contributed by atoms with Crippen molar-refractivity contribution in [1.82, 2.24) is 0 Å². The van der Waals surface area contributed by atoms with E-state index in [0.29, 0.717) is 22.8 Å². The summed E-state index contributed by atoms with van der Waals surface area (Å²) in [6.07, 6.45) is 0. The average molecular weight is 308 g/mol. The van der Waals surface area contributed by atoms with Gasteiger partial charge in [0.2, 0.25) is 0 Å². The lowest BCUT2D eigenvalue weighted by atomic mass is 10.1. The van der Waals surface area contributed by atoms with Crippen LogP contribution < -0.4 is 10.6 Å². The predicted molar refractivity (Wildman–Crippen MR) is 83.0 cm³/mol. The molecular formula is C15H15ClFN3O. The van der Waals surface area contributed by atoms with Crippen LogP contribution in [-0.2, 0) is 0 Å². The monoisotopic (exact) mass is 307 g/mol. The molecule has 0 heterocycles. The standard InChI is InChI=1S/C15H15ClFN3O/c1-2-20(14-6-4-3-5-13(14)17)10-7-8-11(12(16)9-10)15(18)19-21/h3-9,21H,2H2,1H3,(H2,18,19). The smallest absolute Gasteiger partial charge is 0.171 e. The number of anilines is 2. The fourth-order valence-electron chi connectivity index (χ4n) is 2.10. The van der Waals surface area contributed by atoms with Crippen LogP contribution in [0.15, 0.2) is 47.6 Å². The molecule has 2 aromatic rings. The lowest BCUT2D eigenvalue weighted by Gasteiger charge is -2.24. The van der Waals surface area contributed by atoms with Crippen LogP contribution in [0.25, 0.3) is 0 Å². The summed E-state index contributed by atoms with van der Waals surface area (Å²) >= 11 is 6.14. The Labute approximate surface area is 127 Å². The van der Waals surface area contributed by atoms with Gasteiger partial charge >= 0.3 is 0 Å². The molecule has 0 radical (unpaired) electrons. The summed E-state index contributed by atoms with van der Waals surface area (Å²) in [5, 5.41) is 12.0. The second-order valence-electron chi connectivity index (χ2n) is 4.35. The number of rotatable bonds is 4. The summed E-state index contributed by atoms with van der Waals surface area (Å²) in [6, 6.07) is 11.6. The molecule has 6 heteroatoms. The molecule has 3 N–H and O–H groups in total. The quantitative estimate of drug-likeness (QED) is 0.391. The lowest BCUT2D eigenvalue weighted by molar-refractivity contribution is 0.318. The number of halogens is 2. The molecule has 0 aliphatic heterocycles. The van der Waals surface area contributed by atoms with Gasteiger partial charge in [-0.2, -0.15) is 0 Å². The van der Waals surface area contributed by atoms with E-state index in [9.17, 15) is 4.39 Å². The van der Waals surface area contributed by atoms with Crippen molar-refractivity contribution in [1.29, 1.82) is 0 Å².